The summed E-state index contributed by atoms with van der Waals surface area (Å²) in [5, 5.41) is 13.8. The lowest BCUT2D eigenvalue weighted by atomic mass is 9.95. The van der Waals surface area contributed by atoms with Crippen LogP contribution in [0, 0.1) is 13.8 Å². The van der Waals surface area contributed by atoms with Crippen LogP contribution in [-0.2, 0) is 4.79 Å². The van der Waals surface area contributed by atoms with Crippen molar-refractivity contribution in [3.05, 3.63) is 77.4 Å². The Bertz CT molecular complexity index is 940. The fourth-order valence-corrected chi connectivity index (χ4v) is 4.13. The van der Waals surface area contributed by atoms with Gasteiger partial charge in [0, 0.05) is 17.0 Å². The first-order valence-electron chi connectivity index (χ1n) is 8.92. The van der Waals surface area contributed by atoms with Crippen LogP contribution in [0.4, 0.5) is 5.69 Å². The summed E-state index contributed by atoms with van der Waals surface area (Å²) in [5.74, 6) is 0.635. The lowest BCUT2D eigenvalue weighted by Crippen LogP contribution is -2.51. The number of hydrogen-bond donors (Lipinski definition) is 2. The maximum Gasteiger partial charge on any atom is 0.255 e. The third kappa shape index (κ3) is 3.21. The average Bonchev–Trinajstić information content (AvgIpc) is 2.67. The summed E-state index contributed by atoms with van der Waals surface area (Å²) >= 11 is 1.47. The van der Waals surface area contributed by atoms with Crippen molar-refractivity contribution in [2.75, 3.05) is 11.1 Å². The largest absolute Gasteiger partial charge is 0.360 e. The highest BCUT2D eigenvalue weighted by atomic mass is 32.2. The van der Waals surface area contributed by atoms with Crippen LogP contribution < -0.4 is 10.6 Å². The number of benzene rings is 2. The number of anilines is 1. The summed E-state index contributed by atoms with van der Waals surface area (Å²) in [4.78, 5) is 13.0. The molecule has 2 aromatic rings. The number of thioether (sulfide) groups is 1. The van der Waals surface area contributed by atoms with E-state index in [1.54, 1.807) is 6.08 Å². The van der Waals surface area contributed by atoms with E-state index in [-0.39, 0.29) is 12.1 Å². The number of amides is 1. The van der Waals surface area contributed by atoms with Crippen molar-refractivity contribution in [3.63, 3.8) is 0 Å². The third-order valence-corrected chi connectivity index (χ3v) is 5.69. The molecule has 0 unspecified atom stereocenters. The molecule has 0 saturated heterocycles. The molecule has 2 atom stereocenters. The highest BCUT2D eigenvalue weighted by Crippen LogP contribution is 2.43. The molecule has 27 heavy (non-hydrogen) atoms. The van der Waals surface area contributed by atoms with Crippen LogP contribution in [0.15, 0.2) is 60.2 Å². The maximum absolute atomic E-state index is 13.0. The maximum atomic E-state index is 13.0. The van der Waals surface area contributed by atoms with Crippen molar-refractivity contribution >= 4 is 28.5 Å². The summed E-state index contributed by atoms with van der Waals surface area (Å²) in [6.07, 6.45) is 1.59. The number of carbonyl (C=O) groups excluding carboxylic acids is 1. The summed E-state index contributed by atoms with van der Waals surface area (Å²) in [6, 6.07) is 13.9. The summed E-state index contributed by atoms with van der Waals surface area (Å²) in [6.45, 7) is 7.91. The Hall–Kier alpha value is -2.73. The fraction of sp³-hybridized carbons (Fsp3) is 0.238. The Labute approximate surface area is 163 Å². The van der Waals surface area contributed by atoms with E-state index in [4.69, 9.17) is 5.10 Å². The highest BCUT2D eigenvalue weighted by Gasteiger charge is 2.42. The van der Waals surface area contributed by atoms with E-state index in [0.717, 1.165) is 22.4 Å². The van der Waals surface area contributed by atoms with E-state index in [2.05, 4.69) is 49.3 Å². The number of aryl methyl sites for hydroxylation is 2. The number of rotatable bonds is 3. The Morgan fingerprint density at radius 2 is 2.04 bits per heavy atom. The first-order valence-corrected chi connectivity index (χ1v) is 9.91. The molecule has 1 amide bonds. The van der Waals surface area contributed by atoms with Crippen LogP contribution in [0.2, 0.25) is 0 Å². The minimum atomic E-state index is -0.458. The molecular formula is C21H22N4OS. The van der Waals surface area contributed by atoms with E-state index < -0.39 is 6.04 Å². The molecule has 2 aliphatic heterocycles. The number of amidine groups is 1. The second-order valence-electron chi connectivity index (χ2n) is 6.77. The quantitative estimate of drug-likeness (QED) is 0.790. The number of hydrazone groups is 1. The van der Waals surface area contributed by atoms with Crippen molar-refractivity contribution < 1.29 is 4.79 Å². The van der Waals surface area contributed by atoms with E-state index in [1.165, 1.54) is 17.3 Å². The predicted molar refractivity (Wildman–Crippen MR) is 112 cm³/mol. The zero-order chi connectivity index (χ0) is 19.0. The molecular weight excluding hydrogens is 356 g/mol. The first kappa shape index (κ1) is 17.7. The van der Waals surface area contributed by atoms with Gasteiger partial charge in [0.15, 0.2) is 11.2 Å². The van der Waals surface area contributed by atoms with Gasteiger partial charge in [-0.1, -0.05) is 59.8 Å². The van der Waals surface area contributed by atoms with Gasteiger partial charge in [-0.05, 0) is 31.0 Å². The molecule has 2 heterocycles. The SMILES string of the molecule is C=CCSC1=NN2[C@H](c3cc(C)ccc3C)Nc3ccccc3[C@@H]2C(=O)N1. The molecule has 2 N–H and O–H groups in total. The van der Waals surface area contributed by atoms with Crippen LogP contribution in [0.25, 0.3) is 0 Å². The Morgan fingerprint density at radius 1 is 1.22 bits per heavy atom. The monoisotopic (exact) mass is 378 g/mol. The molecule has 2 aromatic carbocycles. The van der Waals surface area contributed by atoms with E-state index in [9.17, 15) is 4.79 Å². The smallest absolute Gasteiger partial charge is 0.255 e. The fourth-order valence-electron chi connectivity index (χ4n) is 3.53. The van der Waals surface area contributed by atoms with Crippen LogP contribution in [0.5, 0.6) is 0 Å². The lowest BCUT2D eigenvalue weighted by Gasteiger charge is -2.44. The summed E-state index contributed by atoms with van der Waals surface area (Å²) < 4.78 is 0. The molecule has 0 spiro atoms. The zero-order valence-corrected chi connectivity index (χ0v) is 16.2. The standard InChI is InChI=1S/C21H22N4OS/c1-4-11-27-21-23-20(26)18-15-7-5-6-8-17(15)22-19(25(18)24-21)16-12-13(2)9-10-14(16)3/h4-10,12,18-19,22H,1,11H2,2-3H3,(H,23,24,26)/t18-,19-/m1/s1. The average molecular weight is 379 g/mol. The summed E-state index contributed by atoms with van der Waals surface area (Å²) in [5.41, 5.74) is 5.38. The number of hydrogen-bond acceptors (Lipinski definition) is 5. The number of para-hydroxylation sites is 1. The van der Waals surface area contributed by atoms with Gasteiger partial charge in [-0.2, -0.15) is 0 Å². The Balaban J connectivity index is 1.84. The van der Waals surface area contributed by atoms with Gasteiger partial charge in [-0.3, -0.25) is 9.80 Å². The van der Waals surface area contributed by atoms with Crippen molar-refractivity contribution in [1.29, 1.82) is 0 Å². The van der Waals surface area contributed by atoms with Crippen molar-refractivity contribution in [2.24, 2.45) is 5.10 Å². The number of carbonyl (C=O) groups is 1. The highest BCUT2D eigenvalue weighted by molar-refractivity contribution is 8.14. The summed E-state index contributed by atoms with van der Waals surface area (Å²) in [7, 11) is 0. The Morgan fingerprint density at radius 3 is 2.85 bits per heavy atom. The van der Waals surface area contributed by atoms with Gasteiger partial charge in [-0.25, -0.2) is 0 Å². The normalized spacial score (nSPS) is 20.7. The number of nitrogens with one attached hydrogen (secondary N) is 2. The molecule has 0 saturated carbocycles. The van der Waals surface area contributed by atoms with Crippen molar-refractivity contribution in [2.45, 2.75) is 26.1 Å². The minimum absolute atomic E-state index is 0.0548. The number of fused-ring (bicyclic) bond motifs is 3. The molecule has 0 bridgehead atoms. The van der Waals surface area contributed by atoms with Crippen LogP contribution >= 0.6 is 11.8 Å². The zero-order valence-electron chi connectivity index (χ0n) is 15.4. The van der Waals surface area contributed by atoms with Gasteiger partial charge in [0.1, 0.15) is 6.17 Å². The van der Waals surface area contributed by atoms with Crippen LogP contribution in [-0.4, -0.2) is 21.8 Å². The third-order valence-electron chi connectivity index (χ3n) is 4.83. The van der Waals surface area contributed by atoms with Crippen molar-refractivity contribution in [3.8, 4) is 0 Å². The van der Waals surface area contributed by atoms with Crippen LogP contribution in [0.3, 0.4) is 0 Å². The van der Waals surface area contributed by atoms with E-state index >= 15 is 0 Å². The second kappa shape index (κ2) is 7.12. The molecule has 5 nitrogen and oxygen atoms in total. The van der Waals surface area contributed by atoms with Gasteiger partial charge in [0.2, 0.25) is 0 Å². The van der Waals surface area contributed by atoms with Gasteiger partial charge in [0.05, 0.1) is 0 Å². The lowest BCUT2D eigenvalue weighted by molar-refractivity contribution is -0.127. The van der Waals surface area contributed by atoms with Gasteiger partial charge < -0.3 is 10.6 Å². The molecule has 0 radical (unpaired) electrons. The molecule has 6 heteroatoms. The van der Waals surface area contributed by atoms with E-state index in [1.807, 2.05) is 29.3 Å². The van der Waals surface area contributed by atoms with Gasteiger partial charge in [-0.15, -0.1) is 11.7 Å². The minimum Gasteiger partial charge on any atom is -0.360 e. The molecule has 0 aromatic heterocycles. The molecule has 2 aliphatic rings. The van der Waals surface area contributed by atoms with E-state index in [0.29, 0.717) is 10.9 Å². The number of nitrogens with zero attached hydrogens (tertiary/aromatic N) is 2. The topological polar surface area (TPSA) is 56.7 Å². The molecule has 0 fully saturated rings. The Kier molecular flexibility index (Phi) is 4.66. The molecule has 0 aliphatic carbocycles. The predicted octanol–water partition coefficient (Wildman–Crippen LogP) is 4.09. The first-order chi connectivity index (χ1) is 13.1. The second-order valence-corrected chi connectivity index (χ2v) is 7.78. The molecule has 138 valence electrons. The van der Waals surface area contributed by atoms with Gasteiger partial charge in [0.25, 0.3) is 5.91 Å². The van der Waals surface area contributed by atoms with Crippen LogP contribution in [0.1, 0.15) is 34.5 Å². The van der Waals surface area contributed by atoms with Crippen molar-refractivity contribution in [1.82, 2.24) is 10.3 Å². The molecule has 4 rings (SSSR count). The van der Waals surface area contributed by atoms with Gasteiger partial charge >= 0.3 is 0 Å².